The van der Waals surface area contributed by atoms with Gasteiger partial charge in [-0.2, -0.15) is 0 Å². The van der Waals surface area contributed by atoms with Crippen molar-refractivity contribution in [3.05, 3.63) is 36.1 Å². The fourth-order valence-electron chi connectivity index (χ4n) is 10.5. The SMILES string of the molecule is C=C[C@](C)(CC/C=C(\C)C(=O)O[C@H]1C[C@@H]2C(C(=O)OC)=CO[C@@H](O[C@@H]3O[C@H](COC(C)=O)[C@@H](OC(C)=O)[C@H](OC(C)=O)[C@H]3OC(C)=O)[C@@H]2[C@H]1C)O[C@@H]1O[C@H](CO[C@@H]2OC[C@](O)(COC(C)=O)[C@H]2OC(C)=O)[C@@H](OC(C)=O)[C@H](OC(C)=O)[C@H]1OC(C)=O. The van der Waals surface area contributed by atoms with E-state index in [1.165, 1.54) is 13.0 Å². The minimum atomic E-state index is -2.07. The van der Waals surface area contributed by atoms with E-state index in [-0.39, 0.29) is 30.4 Å². The van der Waals surface area contributed by atoms with E-state index in [1.54, 1.807) is 19.9 Å². The lowest BCUT2D eigenvalue weighted by atomic mass is 9.83. The van der Waals surface area contributed by atoms with Gasteiger partial charge in [0.05, 0.1) is 37.8 Å². The molecule has 1 saturated carbocycles. The minimum absolute atomic E-state index is 0.0360. The Morgan fingerprint density at radius 1 is 0.640 bits per heavy atom. The van der Waals surface area contributed by atoms with Crippen molar-refractivity contribution >= 4 is 65.7 Å². The second-order valence-electron chi connectivity index (χ2n) is 21.2. The highest BCUT2D eigenvalue weighted by molar-refractivity contribution is 5.89. The molecular weight excluding hydrogens is 1150 g/mol. The summed E-state index contributed by atoms with van der Waals surface area (Å²) in [6.07, 6.45) is -16.8. The standard InChI is InChI=1S/C56H76O30/c1-15-55(13,86-53-47(80-34(11)64)45(78-32(9)62)43(76-30(7)60)40(84-53)22-72-54-48(81-35(12)65)56(68,24-74-54)23-73-28(5)58)18-16-17-25(2)49(66)82-38-19-36-37(50(67)69-14)20-71-51(41(36)26(38)3)85-52-46(79-33(10)63)44(77-31(8)61)42(75-29(6)59)39(83-52)21-70-27(4)57/h15,17,20,26,36,38-48,51-54,68H,1,16,18-19,21-24H2,2-14H3/b25-17+/t26-,36+,38-,39+,40+,41+,42+,43+,44-,45-,46+,47+,48-,51-,52-,53-,54+,55+,56+/m0/s1. The largest absolute Gasteiger partial charge is 0.472 e. The topological polar surface area (TPSA) is 374 Å². The van der Waals surface area contributed by atoms with Crippen LogP contribution in [0.1, 0.15) is 102 Å². The Labute approximate surface area is 494 Å². The molecule has 0 aromatic carbocycles. The van der Waals surface area contributed by atoms with Gasteiger partial charge in [0.1, 0.15) is 31.5 Å². The first-order valence-electron chi connectivity index (χ1n) is 27.3. The van der Waals surface area contributed by atoms with Crippen LogP contribution in [0.5, 0.6) is 0 Å². The molecule has 0 aromatic rings. The maximum absolute atomic E-state index is 14.0. The number of rotatable bonds is 25. The highest BCUT2D eigenvalue weighted by Gasteiger charge is 2.59. The summed E-state index contributed by atoms with van der Waals surface area (Å²) in [4.78, 5) is 138. The molecule has 19 atom stereocenters. The molecule has 0 spiro atoms. The van der Waals surface area contributed by atoms with Crippen molar-refractivity contribution in [3.63, 3.8) is 0 Å². The van der Waals surface area contributed by atoms with Crippen LogP contribution in [0.2, 0.25) is 0 Å². The number of methoxy groups -OCH3 is 1. The van der Waals surface area contributed by atoms with Crippen molar-refractivity contribution in [3.8, 4) is 0 Å². The maximum atomic E-state index is 14.0. The van der Waals surface area contributed by atoms with Gasteiger partial charge in [0, 0.05) is 85.6 Å². The summed E-state index contributed by atoms with van der Waals surface area (Å²) in [6.45, 7) is 16.0. The van der Waals surface area contributed by atoms with Gasteiger partial charge in [-0.05, 0) is 33.1 Å². The lowest BCUT2D eigenvalue weighted by molar-refractivity contribution is -0.345. The number of hydrogen-bond donors (Lipinski definition) is 1. The van der Waals surface area contributed by atoms with Crippen LogP contribution in [0.15, 0.2) is 36.1 Å². The van der Waals surface area contributed by atoms with E-state index in [1.807, 2.05) is 0 Å². The third-order valence-corrected chi connectivity index (χ3v) is 14.3. The number of hydrogen-bond acceptors (Lipinski definition) is 30. The number of fused-ring (bicyclic) bond motifs is 1. The quantitative estimate of drug-likeness (QED) is 0.0585. The van der Waals surface area contributed by atoms with Crippen molar-refractivity contribution in [2.45, 2.75) is 200 Å². The molecule has 4 heterocycles. The van der Waals surface area contributed by atoms with Gasteiger partial charge in [-0.1, -0.05) is 19.1 Å². The fraction of sp³-hybridized carbons (Fsp3) is 0.696. The average molecular weight is 1230 g/mol. The van der Waals surface area contributed by atoms with Crippen molar-refractivity contribution in [2.24, 2.45) is 17.8 Å². The summed E-state index contributed by atoms with van der Waals surface area (Å²) in [6, 6.07) is 0. The van der Waals surface area contributed by atoms with Crippen LogP contribution in [-0.2, 0) is 138 Å². The van der Waals surface area contributed by atoms with E-state index in [0.29, 0.717) is 0 Å². The third-order valence-electron chi connectivity index (χ3n) is 14.3. The zero-order chi connectivity index (χ0) is 64.1. The first-order valence-corrected chi connectivity index (χ1v) is 27.3. The van der Waals surface area contributed by atoms with Crippen molar-refractivity contribution in [2.75, 3.05) is 33.5 Å². The van der Waals surface area contributed by atoms with E-state index >= 15 is 0 Å². The molecule has 5 aliphatic rings. The smallest absolute Gasteiger partial charge is 0.337 e. The Bertz CT molecular complexity index is 2590. The van der Waals surface area contributed by atoms with Gasteiger partial charge in [0.2, 0.25) is 12.6 Å². The summed E-state index contributed by atoms with van der Waals surface area (Å²) < 4.78 is 103. The molecule has 0 radical (unpaired) electrons. The summed E-state index contributed by atoms with van der Waals surface area (Å²) in [5.74, 6) is -11.4. The lowest BCUT2D eigenvalue weighted by Crippen LogP contribution is -2.64. The maximum Gasteiger partial charge on any atom is 0.337 e. The van der Waals surface area contributed by atoms with Gasteiger partial charge in [-0.25, -0.2) is 9.59 Å². The summed E-state index contributed by atoms with van der Waals surface area (Å²) in [7, 11) is 1.16. The number of aliphatic hydroxyl groups is 1. The third kappa shape index (κ3) is 18.5. The second-order valence-corrected chi connectivity index (χ2v) is 21.2. The van der Waals surface area contributed by atoms with Gasteiger partial charge in [0.25, 0.3) is 0 Å². The lowest BCUT2D eigenvalue weighted by Gasteiger charge is -2.46. The highest BCUT2D eigenvalue weighted by atomic mass is 16.8. The van der Waals surface area contributed by atoms with E-state index in [0.717, 1.165) is 75.7 Å². The van der Waals surface area contributed by atoms with Crippen LogP contribution in [0, 0.1) is 17.8 Å². The number of allylic oxidation sites excluding steroid dienone is 1. The first kappa shape index (κ1) is 69.7. The van der Waals surface area contributed by atoms with Gasteiger partial charge in [-0.15, -0.1) is 6.58 Å². The number of carbonyl (C=O) groups excluding carboxylic acids is 11. The fourth-order valence-corrected chi connectivity index (χ4v) is 10.5. The molecule has 1 aliphatic carbocycles. The Hall–Kier alpha value is -7.09. The van der Waals surface area contributed by atoms with Crippen molar-refractivity contribution in [1.29, 1.82) is 0 Å². The summed E-state index contributed by atoms with van der Waals surface area (Å²) in [5.41, 5.74) is -3.31. The summed E-state index contributed by atoms with van der Waals surface area (Å²) >= 11 is 0. The molecule has 0 aromatic heterocycles. The minimum Gasteiger partial charge on any atom is -0.472 e. The molecular formula is C56H76O30. The van der Waals surface area contributed by atoms with E-state index < -0.39 is 207 Å². The number of esters is 11. The molecule has 5 rings (SSSR count). The van der Waals surface area contributed by atoms with Crippen LogP contribution < -0.4 is 0 Å². The molecule has 0 bridgehead atoms. The zero-order valence-electron chi connectivity index (χ0n) is 50.0. The molecule has 0 amide bonds. The molecule has 30 nitrogen and oxygen atoms in total. The Kier molecular flexibility index (Phi) is 24.7. The number of ether oxygens (including phenoxy) is 18. The summed E-state index contributed by atoms with van der Waals surface area (Å²) in [5, 5.41) is 11.3. The highest BCUT2D eigenvalue weighted by Crippen LogP contribution is 2.49. The van der Waals surface area contributed by atoms with Crippen molar-refractivity contribution in [1.82, 2.24) is 0 Å². The zero-order valence-corrected chi connectivity index (χ0v) is 50.0. The van der Waals surface area contributed by atoms with Gasteiger partial charge in [-0.3, -0.25) is 43.2 Å². The predicted octanol–water partition coefficient (Wildman–Crippen LogP) is 1.49. The van der Waals surface area contributed by atoms with Crippen LogP contribution in [-0.4, -0.2) is 202 Å². The van der Waals surface area contributed by atoms with Crippen LogP contribution in [0.25, 0.3) is 0 Å². The normalized spacial score (nSPS) is 32.8. The van der Waals surface area contributed by atoms with Gasteiger partial charge in [0.15, 0.2) is 60.9 Å². The predicted molar refractivity (Wildman–Crippen MR) is 279 cm³/mol. The van der Waals surface area contributed by atoms with Crippen molar-refractivity contribution < 1.29 is 143 Å². The molecule has 3 saturated heterocycles. The van der Waals surface area contributed by atoms with Gasteiger partial charge >= 0.3 is 65.7 Å². The second kappa shape index (κ2) is 30.5. The first-order chi connectivity index (χ1) is 40.3. The van der Waals surface area contributed by atoms with Crippen LogP contribution >= 0.6 is 0 Å². The van der Waals surface area contributed by atoms with Crippen LogP contribution in [0.4, 0.5) is 0 Å². The Balaban J connectivity index is 1.37. The molecule has 0 unspecified atom stereocenters. The Morgan fingerprint density at radius 3 is 1.65 bits per heavy atom. The number of carbonyl (C=O) groups is 11. The van der Waals surface area contributed by atoms with E-state index in [9.17, 15) is 57.8 Å². The van der Waals surface area contributed by atoms with E-state index in [4.69, 9.17) is 85.3 Å². The molecule has 4 aliphatic heterocycles. The van der Waals surface area contributed by atoms with E-state index in [2.05, 4.69) is 6.58 Å². The Morgan fingerprint density at radius 2 is 1.14 bits per heavy atom. The molecule has 30 heteroatoms. The molecule has 86 heavy (non-hydrogen) atoms. The molecule has 480 valence electrons. The average Bonchev–Trinajstić information content (AvgIpc) is 1.56. The van der Waals surface area contributed by atoms with Gasteiger partial charge < -0.3 is 90.4 Å². The molecule has 4 fully saturated rings. The molecule has 1 N–H and O–H groups in total. The van der Waals surface area contributed by atoms with Crippen LogP contribution in [0.3, 0.4) is 0 Å². The monoisotopic (exact) mass is 1230 g/mol.